The molecule has 1 aliphatic rings. The number of benzene rings is 1. The van der Waals surface area contributed by atoms with E-state index in [-0.39, 0.29) is 0 Å². The molecule has 0 saturated carbocycles. The van der Waals surface area contributed by atoms with Gasteiger partial charge in [0.25, 0.3) is 0 Å². The van der Waals surface area contributed by atoms with Crippen molar-refractivity contribution in [2.75, 3.05) is 34.3 Å². The van der Waals surface area contributed by atoms with Gasteiger partial charge < -0.3 is 9.64 Å². The first-order chi connectivity index (χ1) is 9.45. The summed E-state index contributed by atoms with van der Waals surface area (Å²) in [5.41, 5.74) is 0. The molecule has 0 bridgehead atoms. The molecule has 0 atom stereocenters. The number of piperidine rings is 1. The van der Waals surface area contributed by atoms with Crippen molar-refractivity contribution in [3.8, 4) is 5.75 Å². The van der Waals surface area contributed by atoms with Crippen LogP contribution < -0.4 is 4.74 Å². The summed E-state index contributed by atoms with van der Waals surface area (Å²) in [7, 11) is 2.27. The van der Waals surface area contributed by atoms with Crippen LogP contribution in [0.3, 0.4) is 0 Å². The van der Waals surface area contributed by atoms with Gasteiger partial charge in [0.1, 0.15) is 5.75 Å². The summed E-state index contributed by atoms with van der Waals surface area (Å²) in [6.45, 7) is 1.16. The quantitative estimate of drug-likeness (QED) is 0.843. The number of rotatable bonds is 4. The van der Waals surface area contributed by atoms with Crippen LogP contribution in [-0.2, 0) is 10.0 Å². The molecule has 2 rings (SSSR count). The predicted molar refractivity (Wildman–Crippen MR) is 78.5 cm³/mol. The van der Waals surface area contributed by atoms with E-state index in [1.807, 2.05) is 14.1 Å². The highest BCUT2D eigenvalue weighted by Gasteiger charge is 2.29. The summed E-state index contributed by atoms with van der Waals surface area (Å²) in [4.78, 5) is 2.50. The van der Waals surface area contributed by atoms with E-state index < -0.39 is 10.0 Å². The van der Waals surface area contributed by atoms with Crippen molar-refractivity contribution in [1.82, 2.24) is 9.21 Å². The maximum absolute atomic E-state index is 12.5. The third-order valence-corrected chi connectivity index (χ3v) is 5.76. The lowest BCUT2D eigenvalue weighted by atomic mass is 10.1. The zero-order chi connectivity index (χ0) is 14.8. The van der Waals surface area contributed by atoms with E-state index in [1.54, 1.807) is 35.7 Å². The van der Waals surface area contributed by atoms with Gasteiger partial charge in [-0.3, -0.25) is 0 Å². The largest absolute Gasteiger partial charge is 0.497 e. The summed E-state index contributed by atoms with van der Waals surface area (Å²) in [6, 6.07) is 7.04. The van der Waals surface area contributed by atoms with E-state index in [0.29, 0.717) is 29.8 Å². The van der Waals surface area contributed by atoms with Crippen LogP contribution >= 0.6 is 0 Å². The fourth-order valence-corrected chi connectivity index (χ4v) is 3.97. The summed E-state index contributed by atoms with van der Waals surface area (Å²) in [5.74, 6) is 0.662. The SMILES string of the molecule is COc1ccc(S(=O)(=O)N2CCC(N(C)C)CC2)cc1. The fraction of sp³-hybridized carbons (Fsp3) is 0.571. The molecule has 0 aliphatic carbocycles. The zero-order valence-electron chi connectivity index (χ0n) is 12.2. The molecule has 20 heavy (non-hydrogen) atoms. The molecule has 0 aromatic heterocycles. The van der Waals surface area contributed by atoms with Crippen molar-refractivity contribution in [2.24, 2.45) is 0 Å². The molecule has 0 radical (unpaired) electrons. The second-order valence-corrected chi connectivity index (χ2v) is 7.21. The summed E-state index contributed by atoms with van der Waals surface area (Å²) >= 11 is 0. The molecule has 6 heteroatoms. The first-order valence-corrected chi connectivity index (χ1v) is 8.20. The molecule has 112 valence electrons. The molecule has 1 aromatic carbocycles. The molecule has 1 heterocycles. The van der Waals surface area contributed by atoms with Crippen LogP contribution in [0, 0.1) is 0 Å². The lowest BCUT2D eigenvalue weighted by molar-refractivity contribution is 0.196. The Morgan fingerprint density at radius 3 is 2.15 bits per heavy atom. The first-order valence-electron chi connectivity index (χ1n) is 6.76. The number of hydrogen-bond acceptors (Lipinski definition) is 4. The van der Waals surface area contributed by atoms with E-state index in [4.69, 9.17) is 4.74 Å². The number of nitrogens with zero attached hydrogens (tertiary/aromatic N) is 2. The summed E-state index contributed by atoms with van der Waals surface area (Å²) in [6.07, 6.45) is 1.75. The minimum absolute atomic E-state index is 0.335. The second kappa shape index (κ2) is 6.11. The Balaban J connectivity index is 2.11. The smallest absolute Gasteiger partial charge is 0.243 e. The van der Waals surface area contributed by atoms with Crippen LogP contribution in [0.25, 0.3) is 0 Å². The Hall–Kier alpha value is -1.11. The monoisotopic (exact) mass is 298 g/mol. The standard InChI is InChI=1S/C14H22N2O3S/c1-15(2)12-8-10-16(11-9-12)20(17,18)14-6-4-13(19-3)5-7-14/h4-7,12H,8-11H2,1-3H3. The predicted octanol–water partition coefficient (Wildman–Crippen LogP) is 1.41. The van der Waals surface area contributed by atoms with Gasteiger partial charge in [0.15, 0.2) is 0 Å². The zero-order valence-corrected chi connectivity index (χ0v) is 13.1. The van der Waals surface area contributed by atoms with Gasteiger partial charge in [0.05, 0.1) is 12.0 Å². The maximum atomic E-state index is 12.5. The molecular formula is C14H22N2O3S. The molecule has 1 aromatic rings. The minimum atomic E-state index is -3.38. The average Bonchev–Trinajstić information content (AvgIpc) is 2.47. The van der Waals surface area contributed by atoms with Crippen molar-refractivity contribution in [3.63, 3.8) is 0 Å². The van der Waals surface area contributed by atoms with E-state index in [2.05, 4.69) is 4.90 Å². The van der Waals surface area contributed by atoms with E-state index >= 15 is 0 Å². The van der Waals surface area contributed by atoms with Crippen LogP contribution in [0.5, 0.6) is 5.75 Å². The second-order valence-electron chi connectivity index (χ2n) is 5.27. The fourth-order valence-electron chi connectivity index (χ4n) is 2.50. The maximum Gasteiger partial charge on any atom is 0.243 e. The van der Waals surface area contributed by atoms with Crippen LogP contribution in [0.2, 0.25) is 0 Å². The third kappa shape index (κ3) is 3.13. The van der Waals surface area contributed by atoms with Crippen molar-refractivity contribution in [1.29, 1.82) is 0 Å². The Labute approximate surface area is 121 Å². The number of methoxy groups -OCH3 is 1. The number of ether oxygens (including phenoxy) is 1. The molecule has 1 saturated heterocycles. The van der Waals surface area contributed by atoms with Gasteiger partial charge in [-0.05, 0) is 51.2 Å². The Morgan fingerprint density at radius 1 is 1.15 bits per heavy atom. The van der Waals surface area contributed by atoms with Crippen LogP contribution in [0.1, 0.15) is 12.8 Å². The Kier molecular flexibility index (Phi) is 4.67. The highest BCUT2D eigenvalue weighted by atomic mass is 32.2. The van der Waals surface area contributed by atoms with Crippen LogP contribution in [0.4, 0.5) is 0 Å². The number of sulfonamides is 1. The Morgan fingerprint density at radius 2 is 1.70 bits per heavy atom. The molecule has 0 unspecified atom stereocenters. The normalized spacial score (nSPS) is 18.4. The summed E-state index contributed by atoms with van der Waals surface area (Å²) in [5, 5.41) is 0. The van der Waals surface area contributed by atoms with Crippen molar-refractivity contribution < 1.29 is 13.2 Å². The van der Waals surface area contributed by atoms with Gasteiger partial charge in [-0.15, -0.1) is 0 Å². The molecule has 0 spiro atoms. The van der Waals surface area contributed by atoms with Crippen molar-refractivity contribution in [2.45, 2.75) is 23.8 Å². The molecular weight excluding hydrogens is 276 g/mol. The molecule has 5 nitrogen and oxygen atoms in total. The Bertz CT molecular complexity index is 532. The van der Waals surface area contributed by atoms with Gasteiger partial charge in [-0.25, -0.2) is 8.42 Å². The lowest BCUT2D eigenvalue weighted by Gasteiger charge is -2.34. The van der Waals surface area contributed by atoms with Crippen molar-refractivity contribution >= 4 is 10.0 Å². The van der Waals surface area contributed by atoms with E-state index in [0.717, 1.165) is 12.8 Å². The van der Waals surface area contributed by atoms with Gasteiger partial charge in [0, 0.05) is 19.1 Å². The topological polar surface area (TPSA) is 49.9 Å². The highest BCUT2D eigenvalue weighted by molar-refractivity contribution is 7.89. The van der Waals surface area contributed by atoms with Crippen molar-refractivity contribution in [3.05, 3.63) is 24.3 Å². The minimum Gasteiger partial charge on any atom is -0.497 e. The number of hydrogen-bond donors (Lipinski definition) is 0. The first kappa shape index (κ1) is 15.3. The van der Waals surface area contributed by atoms with Gasteiger partial charge >= 0.3 is 0 Å². The highest BCUT2D eigenvalue weighted by Crippen LogP contribution is 2.23. The van der Waals surface area contributed by atoms with Gasteiger partial charge in [-0.1, -0.05) is 0 Å². The van der Waals surface area contributed by atoms with Crippen LogP contribution in [0.15, 0.2) is 29.2 Å². The lowest BCUT2D eigenvalue weighted by Crippen LogP contribution is -2.44. The molecule has 1 fully saturated rings. The third-order valence-electron chi connectivity index (χ3n) is 3.85. The summed E-state index contributed by atoms with van der Waals surface area (Å²) < 4.78 is 31.7. The van der Waals surface area contributed by atoms with Gasteiger partial charge in [0.2, 0.25) is 10.0 Å². The van der Waals surface area contributed by atoms with Crippen LogP contribution in [-0.4, -0.2) is 58.0 Å². The molecule has 0 N–H and O–H groups in total. The molecule has 0 amide bonds. The molecule has 1 aliphatic heterocycles. The van der Waals surface area contributed by atoms with E-state index in [9.17, 15) is 8.42 Å². The van der Waals surface area contributed by atoms with Gasteiger partial charge in [-0.2, -0.15) is 4.31 Å². The average molecular weight is 298 g/mol. The van der Waals surface area contributed by atoms with E-state index in [1.165, 1.54) is 0 Å².